The van der Waals surface area contributed by atoms with E-state index in [-0.39, 0.29) is 11.9 Å². The summed E-state index contributed by atoms with van der Waals surface area (Å²) in [5.41, 5.74) is 3.76. The molecule has 0 spiro atoms. The van der Waals surface area contributed by atoms with E-state index in [0.717, 1.165) is 22.5 Å². The van der Waals surface area contributed by atoms with Crippen LogP contribution < -0.4 is 10.6 Å². The number of hydrogen-bond acceptors (Lipinski definition) is 4. The molecule has 2 aromatic carbocycles. The molecule has 6 heteroatoms. The van der Waals surface area contributed by atoms with Crippen molar-refractivity contribution in [2.24, 2.45) is 0 Å². The van der Waals surface area contributed by atoms with Crippen molar-refractivity contribution in [3.8, 4) is 16.9 Å². The van der Waals surface area contributed by atoms with Crippen molar-refractivity contribution in [3.63, 3.8) is 0 Å². The van der Waals surface area contributed by atoms with E-state index in [0.29, 0.717) is 19.5 Å². The Morgan fingerprint density at radius 2 is 1.85 bits per heavy atom. The van der Waals surface area contributed by atoms with Crippen LogP contribution in [0.5, 0.6) is 0 Å². The average molecular weight is 362 g/mol. The van der Waals surface area contributed by atoms with E-state index >= 15 is 0 Å². The van der Waals surface area contributed by atoms with Gasteiger partial charge in [0, 0.05) is 30.4 Å². The van der Waals surface area contributed by atoms with Gasteiger partial charge in [0.15, 0.2) is 0 Å². The van der Waals surface area contributed by atoms with E-state index in [4.69, 9.17) is 5.10 Å². The molecule has 1 aliphatic rings. The molecule has 1 aromatic heterocycles. The Morgan fingerprint density at radius 3 is 2.52 bits per heavy atom. The van der Waals surface area contributed by atoms with Gasteiger partial charge in [-0.25, -0.2) is 4.68 Å². The third-order valence-corrected chi connectivity index (χ3v) is 4.74. The maximum atomic E-state index is 12.4. The fraction of sp³-hybridized carbons (Fsp3) is 0.238. The third kappa shape index (κ3) is 3.92. The topological polar surface area (TPSA) is 79.2 Å². The van der Waals surface area contributed by atoms with Gasteiger partial charge in [0.25, 0.3) is 0 Å². The van der Waals surface area contributed by atoms with Gasteiger partial charge in [0.2, 0.25) is 5.91 Å². The van der Waals surface area contributed by atoms with Crippen LogP contribution >= 0.6 is 0 Å². The SMILES string of the molecule is O=C(NCc1cn(-c2ccccc2)nc1-c1ccccc1)[C@H]1C[C@H](O)CN1. The molecule has 1 saturated heterocycles. The number of carbonyl (C=O) groups is 1. The minimum absolute atomic E-state index is 0.0991. The van der Waals surface area contributed by atoms with E-state index in [1.54, 1.807) is 0 Å². The van der Waals surface area contributed by atoms with E-state index in [2.05, 4.69) is 10.6 Å². The highest BCUT2D eigenvalue weighted by Crippen LogP contribution is 2.23. The predicted molar refractivity (Wildman–Crippen MR) is 103 cm³/mol. The Bertz CT molecular complexity index is 908. The molecule has 2 atom stereocenters. The van der Waals surface area contributed by atoms with Crippen LogP contribution in [0.1, 0.15) is 12.0 Å². The first-order valence-electron chi connectivity index (χ1n) is 9.09. The highest BCUT2D eigenvalue weighted by molar-refractivity contribution is 5.82. The molecule has 3 N–H and O–H groups in total. The van der Waals surface area contributed by atoms with Crippen molar-refractivity contribution in [1.82, 2.24) is 20.4 Å². The van der Waals surface area contributed by atoms with Crippen molar-refractivity contribution >= 4 is 5.91 Å². The van der Waals surface area contributed by atoms with Gasteiger partial charge >= 0.3 is 0 Å². The monoisotopic (exact) mass is 362 g/mol. The number of nitrogens with zero attached hydrogens (tertiary/aromatic N) is 2. The Balaban J connectivity index is 1.58. The maximum Gasteiger partial charge on any atom is 0.237 e. The van der Waals surface area contributed by atoms with E-state index < -0.39 is 6.10 Å². The van der Waals surface area contributed by atoms with Gasteiger partial charge in [-0.05, 0) is 18.6 Å². The van der Waals surface area contributed by atoms with Gasteiger partial charge in [-0.3, -0.25) is 4.79 Å². The summed E-state index contributed by atoms with van der Waals surface area (Å²) in [6, 6.07) is 19.5. The summed E-state index contributed by atoms with van der Waals surface area (Å²) in [4.78, 5) is 12.4. The number of β-amino-alcohol motifs (C(OH)–C–C–N with tert-alkyl or cyclic N) is 1. The smallest absolute Gasteiger partial charge is 0.237 e. The molecule has 0 saturated carbocycles. The summed E-state index contributed by atoms with van der Waals surface area (Å²) in [5, 5.41) is 20.4. The molecular formula is C21H22N4O2. The second-order valence-corrected chi connectivity index (χ2v) is 6.72. The van der Waals surface area contributed by atoms with Crippen LogP contribution in [0.15, 0.2) is 66.9 Å². The summed E-state index contributed by atoms with van der Waals surface area (Å²) in [6.07, 6.45) is 1.94. The molecular weight excluding hydrogens is 340 g/mol. The third-order valence-electron chi connectivity index (χ3n) is 4.74. The van der Waals surface area contributed by atoms with Crippen LogP contribution in [-0.2, 0) is 11.3 Å². The first-order valence-corrected chi connectivity index (χ1v) is 9.09. The standard InChI is InChI=1S/C21H22N4O2/c26-18-11-19(22-13-18)21(27)23-12-16-14-25(17-9-5-2-6-10-17)24-20(16)15-7-3-1-4-8-15/h1-10,14,18-19,22,26H,11-13H2,(H,23,27)/t18-,19+/m0/s1. The molecule has 0 bridgehead atoms. The summed E-state index contributed by atoms with van der Waals surface area (Å²) in [6.45, 7) is 0.837. The average Bonchev–Trinajstić information content (AvgIpc) is 3.34. The Kier molecular flexibility index (Phi) is 5.00. The van der Waals surface area contributed by atoms with Gasteiger partial charge in [0.05, 0.1) is 23.5 Å². The van der Waals surface area contributed by atoms with Crippen molar-refractivity contribution in [3.05, 3.63) is 72.4 Å². The van der Waals surface area contributed by atoms with Crippen LogP contribution in [-0.4, -0.2) is 39.5 Å². The van der Waals surface area contributed by atoms with Gasteiger partial charge in [-0.2, -0.15) is 5.10 Å². The summed E-state index contributed by atoms with van der Waals surface area (Å²) in [7, 11) is 0. The second-order valence-electron chi connectivity index (χ2n) is 6.72. The fourth-order valence-corrected chi connectivity index (χ4v) is 3.31. The molecule has 2 heterocycles. The molecule has 27 heavy (non-hydrogen) atoms. The van der Waals surface area contributed by atoms with Gasteiger partial charge < -0.3 is 15.7 Å². The van der Waals surface area contributed by atoms with Gasteiger partial charge in [-0.15, -0.1) is 0 Å². The summed E-state index contributed by atoms with van der Waals surface area (Å²) in [5.74, 6) is -0.0991. The number of aromatic nitrogens is 2. The van der Waals surface area contributed by atoms with Crippen molar-refractivity contribution in [2.45, 2.75) is 25.1 Å². The minimum Gasteiger partial charge on any atom is -0.392 e. The van der Waals surface area contributed by atoms with Crippen LogP contribution in [0.3, 0.4) is 0 Å². The van der Waals surface area contributed by atoms with Crippen molar-refractivity contribution in [2.75, 3.05) is 6.54 Å². The molecule has 1 aliphatic heterocycles. The largest absolute Gasteiger partial charge is 0.392 e. The number of benzene rings is 2. The van der Waals surface area contributed by atoms with Crippen LogP contribution in [0, 0.1) is 0 Å². The molecule has 1 amide bonds. The Morgan fingerprint density at radius 1 is 1.15 bits per heavy atom. The normalized spacial score (nSPS) is 19.1. The van der Waals surface area contributed by atoms with Gasteiger partial charge in [0.1, 0.15) is 0 Å². The van der Waals surface area contributed by atoms with Crippen LogP contribution in [0.4, 0.5) is 0 Å². The quantitative estimate of drug-likeness (QED) is 0.648. The van der Waals surface area contributed by atoms with Crippen LogP contribution in [0.2, 0.25) is 0 Å². The van der Waals surface area contributed by atoms with E-state index in [9.17, 15) is 9.90 Å². The van der Waals surface area contributed by atoms with Crippen molar-refractivity contribution in [1.29, 1.82) is 0 Å². The number of carbonyl (C=O) groups excluding carboxylic acids is 1. The lowest BCUT2D eigenvalue weighted by Gasteiger charge is -2.11. The highest BCUT2D eigenvalue weighted by Gasteiger charge is 2.28. The molecule has 0 radical (unpaired) electrons. The molecule has 3 aromatic rings. The zero-order valence-electron chi connectivity index (χ0n) is 14.9. The van der Waals surface area contributed by atoms with Crippen LogP contribution in [0.25, 0.3) is 16.9 Å². The highest BCUT2D eigenvalue weighted by atomic mass is 16.3. The zero-order valence-corrected chi connectivity index (χ0v) is 14.9. The Labute approximate surface area is 157 Å². The van der Waals surface area contributed by atoms with Crippen molar-refractivity contribution < 1.29 is 9.90 Å². The lowest BCUT2D eigenvalue weighted by molar-refractivity contribution is -0.123. The lowest BCUT2D eigenvalue weighted by atomic mass is 10.1. The summed E-state index contributed by atoms with van der Waals surface area (Å²) < 4.78 is 1.83. The second kappa shape index (κ2) is 7.73. The number of aliphatic hydroxyl groups excluding tert-OH is 1. The zero-order chi connectivity index (χ0) is 18.6. The van der Waals surface area contributed by atoms with E-state index in [1.165, 1.54) is 0 Å². The number of nitrogens with one attached hydrogen (secondary N) is 2. The minimum atomic E-state index is -0.457. The molecule has 0 unspecified atom stereocenters. The molecule has 6 nitrogen and oxygen atoms in total. The molecule has 1 fully saturated rings. The lowest BCUT2D eigenvalue weighted by Crippen LogP contribution is -2.40. The number of amides is 1. The van der Waals surface area contributed by atoms with E-state index in [1.807, 2.05) is 71.5 Å². The first kappa shape index (κ1) is 17.5. The molecule has 0 aliphatic carbocycles. The maximum absolute atomic E-state index is 12.4. The molecule has 4 rings (SSSR count). The Hall–Kier alpha value is -2.96. The number of para-hydroxylation sites is 1. The van der Waals surface area contributed by atoms with Gasteiger partial charge in [-0.1, -0.05) is 48.5 Å². The fourth-order valence-electron chi connectivity index (χ4n) is 3.31. The summed E-state index contributed by atoms with van der Waals surface area (Å²) >= 11 is 0. The molecule has 138 valence electrons. The number of aliphatic hydroxyl groups is 1. The number of hydrogen-bond donors (Lipinski definition) is 3. The number of rotatable bonds is 5. The predicted octanol–water partition coefficient (Wildman–Crippen LogP) is 1.88. The first-order chi connectivity index (χ1) is 13.2.